The molecule has 2 aromatic heterocycles. The molecule has 0 aliphatic carbocycles. The fourth-order valence-electron chi connectivity index (χ4n) is 7.63. The number of hydrogen-bond acceptors (Lipinski definition) is 5. The maximum atomic E-state index is 6.74. The average molecular weight is 689 g/mol. The van der Waals surface area contributed by atoms with Crippen molar-refractivity contribution in [1.29, 1.82) is 0 Å². The molecule has 0 N–H and O–H groups in total. The molecule has 0 unspecified atom stereocenters. The van der Waals surface area contributed by atoms with E-state index < -0.39 is 0 Å². The molecule has 8 aromatic carbocycles. The molecule has 3 heterocycles. The van der Waals surface area contributed by atoms with E-state index in [2.05, 4.69) is 174 Å². The van der Waals surface area contributed by atoms with Gasteiger partial charge in [0.15, 0.2) is 11.5 Å². The summed E-state index contributed by atoms with van der Waals surface area (Å²) in [4.78, 5) is 4.69. The van der Waals surface area contributed by atoms with Gasteiger partial charge in [-0.15, -0.1) is 22.7 Å². The van der Waals surface area contributed by atoms with Gasteiger partial charge >= 0.3 is 0 Å². The summed E-state index contributed by atoms with van der Waals surface area (Å²) in [5, 5.41) is 7.61. The highest BCUT2D eigenvalue weighted by Crippen LogP contribution is 2.53. The Morgan fingerprint density at radius 2 is 0.961 bits per heavy atom. The molecular weight excluding hydrogens is 661 g/mol. The topological polar surface area (TPSA) is 15.7 Å². The molecule has 3 nitrogen and oxygen atoms in total. The second kappa shape index (κ2) is 11.2. The monoisotopic (exact) mass is 688 g/mol. The van der Waals surface area contributed by atoms with E-state index in [1.54, 1.807) is 0 Å². The first-order valence-corrected chi connectivity index (χ1v) is 18.7. The van der Waals surface area contributed by atoms with Crippen LogP contribution in [0.3, 0.4) is 0 Å². The fourth-order valence-corrected chi connectivity index (χ4v) is 9.91. The Balaban J connectivity index is 1.09. The zero-order valence-electron chi connectivity index (χ0n) is 27.3. The number of thiophene rings is 2. The fraction of sp³-hybridized carbons (Fsp3) is 0. The van der Waals surface area contributed by atoms with Gasteiger partial charge < -0.3 is 14.5 Å². The molecule has 0 amide bonds. The number of anilines is 6. The van der Waals surface area contributed by atoms with Crippen molar-refractivity contribution in [3.8, 4) is 11.5 Å². The van der Waals surface area contributed by atoms with Crippen molar-refractivity contribution < 1.29 is 4.74 Å². The highest BCUT2D eigenvalue weighted by Gasteiger charge is 2.28. The van der Waals surface area contributed by atoms with Gasteiger partial charge in [-0.3, -0.25) is 0 Å². The number of nitrogens with zero attached hydrogens (tertiary/aromatic N) is 2. The largest absolute Gasteiger partial charge is 0.453 e. The molecule has 10 aromatic rings. The van der Waals surface area contributed by atoms with Gasteiger partial charge in [-0.1, -0.05) is 91.0 Å². The van der Waals surface area contributed by atoms with Gasteiger partial charge in [-0.25, -0.2) is 0 Å². The minimum absolute atomic E-state index is 0.816. The summed E-state index contributed by atoms with van der Waals surface area (Å²) >= 11 is 3.69. The molecule has 11 rings (SSSR count). The lowest BCUT2D eigenvalue weighted by Crippen LogP contribution is -2.16. The third-order valence-corrected chi connectivity index (χ3v) is 12.3. The Hall–Kier alpha value is -6.14. The van der Waals surface area contributed by atoms with Crippen molar-refractivity contribution in [3.63, 3.8) is 0 Å². The summed E-state index contributed by atoms with van der Waals surface area (Å²) in [6.07, 6.45) is 0. The van der Waals surface area contributed by atoms with Crippen LogP contribution in [0.25, 0.3) is 51.1 Å². The molecule has 0 radical (unpaired) electrons. The molecule has 51 heavy (non-hydrogen) atoms. The van der Waals surface area contributed by atoms with Crippen LogP contribution in [0.15, 0.2) is 170 Å². The SMILES string of the molecule is c1ccc2c(c1)Oc1cc(N(c3ccc4ccccc4c3)c3ccc4c(c3)sc3ccccc34)ccc1N2c1ccc2c(c1)sc1ccccc12. The number of rotatable bonds is 4. The quantitative estimate of drug-likeness (QED) is 0.183. The van der Waals surface area contributed by atoms with Gasteiger partial charge in [0.2, 0.25) is 0 Å². The molecule has 0 atom stereocenters. The van der Waals surface area contributed by atoms with Gasteiger partial charge in [-0.2, -0.15) is 0 Å². The van der Waals surface area contributed by atoms with Crippen LogP contribution < -0.4 is 14.5 Å². The molecule has 240 valence electrons. The first-order valence-electron chi connectivity index (χ1n) is 17.1. The van der Waals surface area contributed by atoms with Crippen molar-refractivity contribution in [1.82, 2.24) is 0 Å². The number of fused-ring (bicyclic) bond motifs is 9. The van der Waals surface area contributed by atoms with Crippen molar-refractivity contribution in [2.45, 2.75) is 0 Å². The van der Waals surface area contributed by atoms with Crippen LogP contribution in [0, 0.1) is 0 Å². The summed E-state index contributed by atoms with van der Waals surface area (Å²) in [6, 6.07) is 61.3. The first-order chi connectivity index (χ1) is 25.2. The van der Waals surface area contributed by atoms with Gasteiger partial charge in [0, 0.05) is 69.2 Å². The second-order valence-electron chi connectivity index (χ2n) is 13.0. The molecule has 1 aliphatic rings. The zero-order valence-corrected chi connectivity index (χ0v) is 28.9. The van der Waals surface area contributed by atoms with E-state index in [1.807, 2.05) is 28.7 Å². The molecule has 0 saturated carbocycles. The van der Waals surface area contributed by atoms with Crippen LogP contribution in [0.5, 0.6) is 11.5 Å². The summed E-state index contributed by atoms with van der Waals surface area (Å²) in [5.74, 6) is 1.65. The highest BCUT2D eigenvalue weighted by atomic mass is 32.1. The van der Waals surface area contributed by atoms with Crippen molar-refractivity contribution in [3.05, 3.63) is 170 Å². The Bertz CT molecular complexity index is 2990. The predicted molar refractivity (Wildman–Crippen MR) is 219 cm³/mol. The lowest BCUT2D eigenvalue weighted by Gasteiger charge is -2.34. The summed E-state index contributed by atoms with van der Waals surface area (Å²) in [5.41, 5.74) is 6.38. The Kier molecular flexibility index (Phi) is 6.29. The van der Waals surface area contributed by atoms with E-state index in [0.717, 1.165) is 45.6 Å². The van der Waals surface area contributed by atoms with E-state index >= 15 is 0 Å². The third kappa shape index (κ3) is 4.56. The Labute approximate surface area is 302 Å². The molecular formula is C46H28N2OS2. The van der Waals surface area contributed by atoms with Gasteiger partial charge in [0.25, 0.3) is 0 Å². The minimum atomic E-state index is 0.816. The number of benzene rings is 8. The van der Waals surface area contributed by atoms with E-state index in [1.165, 1.54) is 51.1 Å². The van der Waals surface area contributed by atoms with Gasteiger partial charge in [0.05, 0.1) is 11.4 Å². The third-order valence-electron chi connectivity index (χ3n) is 10.0. The Morgan fingerprint density at radius 1 is 0.392 bits per heavy atom. The molecule has 1 aliphatic heterocycles. The molecule has 0 bridgehead atoms. The minimum Gasteiger partial charge on any atom is -0.453 e. The molecule has 0 saturated heterocycles. The van der Waals surface area contributed by atoms with E-state index in [9.17, 15) is 0 Å². The normalized spacial score (nSPS) is 12.4. The van der Waals surface area contributed by atoms with Crippen LogP contribution in [-0.4, -0.2) is 0 Å². The van der Waals surface area contributed by atoms with Crippen LogP contribution in [0.2, 0.25) is 0 Å². The molecule has 0 fully saturated rings. The van der Waals surface area contributed by atoms with E-state index in [4.69, 9.17) is 4.74 Å². The lowest BCUT2D eigenvalue weighted by atomic mass is 10.1. The number of ether oxygens (including phenoxy) is 1. The van der Waals surface area contributed by atoms with Gasteiger partial charge in [0.1, 0.15) is 0 Å². The maximum Gasteiger partial charge on any atom is 0.153 e. The predicted octanol–water partition coefficient (Wildman–Crippen LogP) is 14.6. The second-order valence-corrected chi connectivity index (χ2v) is 15.1. The molecule has 5 heteroatoms. The van der Waals surface area contributed by atoms with Gasteiger partial charge in [-0.05, 0) is 83.6 Å². The number of para-hydroxylation sites is 2. The van der Waals surface area contributed by atoms with Crippen LogP contribution in [0.1, 0.15) is 0 Å². The summed E-state index contributed by atoms with van der Waals surface area (Å²) in [6.45, 7) is 0. The first kappa shape index (κ1) is 28.7. The van der Waals surface area contributed by atoms with Crippen LogP contribution in [-0.2, 0) is 0 Å². The van der Waals surface area contributed by atoms with E-state index in [-0.39, 0.29) is 0 Å². The summed E-state index contributed by atoms with van der Waals surface area (Å²) in [7, 11) is 0. The van der Waals surface area contributed by atoms with E-state index in [0.29, 0.717) is 0 Å². The average Bonchev–Trinajstić information content (AvgIpc) is 3.74. The standard InChI is InChI=1S/C46H28N2OS2/c1-2-10-30-25-31(18-17-29(30)9-1)47(33-19-22-37-35-11-3-7-15-43(35)50-45(37)27-33)32-21-24-40-42(26-32)49-41-14-6-5-13-39(41)48(40)34-20-23-38-36-12-4-8-16-44(36)51-46(38)28-34/h1-28H. The molecule has 0 spiro atoms. The number of hydrogen-bond donors (Lipinski definition) is 0. The van der Waals surface area contributed by atoms with Crippen molar-refractivity contribution in [2.24, 2.45) is 0 Å². The van der Waals surface area contributed by atoms with Crippen LogP contribution >= 0.6 is 22.7 Å². The highest BCUT2D eigenvalue weighted by molar-refractivity contribution is 7.26. The van der Waals surface area contributed by atoms with Crippen molar-refractivity contribution in [2.75, 3.05) is 9.80 Å². The van der Waals surface area contributed by atoms with Crippen molar-refractivity contribution >= 4 is 108 Å². The summed E-state index contributed by atoms with van der Waals surface area (Å²) < 4.78 is 11.9. The maximum absolute atomic E-state index is 6.74. The smallest absolute Gasteiger partial charge is 0.153 e. The van der Waals surface area contributed by atoms with Crippen LogP contribution in [0.4, 0.5) is 34.1 Å². The lowest BCUT2D eigenvalue weighted by molar-refractivity contribution is 0.477. The Morgan fingerprint density at radius 3 is 1.78 bits per heavy atom. The zero-order chi connectivity index (χ0) is 33.5.